The van der Waals surface area contributed by atoms with E-state index in [2.05, 4.69) is 41.1 Å². The number of hydrogen-bond donors (Lipinski definition) is 1. The third kappa shape index (κ3) is 2.61. The van der Waals surface area contributed by atoms with Crippen LogP contribution in [0, 0.1) is 12.8 Å². The maximum Gasteiger partial charge on any atom is 0.0686 e. The Balaban J connectivity index is 1.75. The van der Waals surface area contributed by atoms with E-state index >= 15 is 0 Å². The van der Waals surface area contributed by atoms with Crippen LogP contribution in [-0.2, 0) is 4.74 Å². The average molecular weight is 324 g/mol. The van der Waals surface area contributed by atoms with Crippen molar-refractivity contribution in [2.75, 3.05) is 6.61 Å². The van der Waals surface area contributed by atoms with Gasteiger partial charge in [-0.15, -0.1) is 0 Å². The number of ether oxygens (including phenoxy) is 1. The van der Waals surface area contributed by atoms with E-state index in [1.807, 2.05) is 0 Å². The zero-order valence-electron chi connectivity index (χ0n) is 11.5. The van der Waals surface area contributed by atoms with Gasteiger partial charge in [-0.1, -0.05) is 28.1 Å². The van der Waals surface area contributed by atoms with E-state index in [-0.39, 0.29) is 11.6 Å². The summed E-state index contributed by atoms with van der Waals surface area (Å²) in [5, 5.41) is 0. The molecule has 2 aliphatic rings. The van der Waals surface area contributed by atoms with Gasteiger partial charge in [-0.05, 0) is 62.1 Å². The molecule has 2 unspecified atom stereocenters. The molecule has 1 aromatic carbocycles. The summed E-state index contributed by atoms with van der Waals surface area (Å²) in [6.45, 7) is 3.01. The first-order valence-electron chi connectivity index (χ1n) is 7.25. The van der Waals surface area contributed by atoms with E-state index in [1.54, 1.807) is 0 Å². The molecule has 2 N–H and O–H groups in total. The molecule has 2 atom stereocenters. The molecule has 0 amide bonds. The Morgan fingerprint density at radius 3 is 2.84 bits per heavy atom. The van der Waals surface area contributed by atoms with Crippen LogP contribution in [0.1, 0.15) is 49.3 Å². The van der Waals surface area contributed by atoms with E-state index < -0.39 is 0 Å². The summed E-state index contributed by atoms with van der Waals surface area (Å²) < 4.78 is 7.16. The summed E-state index contributed by atoms with van der Waals surface area (Å²) in [7, 11) is 0. The smallest absolute Gasteiger partial charge is 0.0686 e. The van der Waals surface area contributed by atoms with Gasteiger partial charge in [-0.3, -0.25) is 0 Å². The molecule has 1 saturated heterocycles. The Morgan fingerprint density at radius 2 is 2.21 bits per heavy atom. The fourth-order valence-corrected chi connectivity index (χ4v) is 3.69. The van der Waals surface area contributed by atoms with Crippen LogP contribution in [0.2, 0.25) is 0 Å². The first kappa shape index (κ1) is 13.6. The molecular weight excluding hydrogens is 302 g/mol. The Morgan fingerprint density at radius 1 is 1.42 bits per heavy atom. The zero-order valence-corrected chi connectivity index (χ0v) is 13.1. The number of halogens is 1. The SMILES string of the molecule is Cc1cc(C(N)C2CCOC3(CCC3)C2)ccc1Br. The molecule has 19 heavy (non-hydrogen) atoms. The summed E-state index contributed by atoms with van der Waals surface area (Å²) in [5.74, 6) is 0.564. The van der Waals surface area contributed by atoms with Crippen molar-refractivity contribution in [1.29, 1.82) is 0 Å². The summed E-state index contributed by atoms with van der Waals surface area (Å²) in [4.78, 5) is 0. The highest BCUT2D eigenvalue weighted by Crippen LogP contribution is 2.46. The van der Waals surface area contributed by atoms with Crippen molar-refractivity contribution in [3.05, 3.63) is 33.8 Å². The van der Waals surface area contributed by atoms with E-state index in [9.17, 15) is 0 Å². The van der Waals surface area contributed by atoms with Gasteiger partial charge in [0.1, 0.15) is 0 Å². The summed E-state index contributed by atoms with van der Waals surface area (Å²) >= 11 is 3.55. The third-order valence-corrected chi connectivity index (χ3v) is 5.76. The molecule has 1 aromatic rings. The molecule has 1 aliphatic heterocycles. The monoisotopic (exact) mass is 323 g/mol. The lowest BCUT2D eigenvalue weighted by Gasteiger charge is -2.48. The summed E-state index contributed by atoms with van der Waals surface area (Å²) in [6, 6.07) is 6.64. The summed E-state index contributed by atoms with van der Waals surface area (Å²) in [6.07, 6.45) is 6.02. The fraction of sp³-hybridized carbons (Fsp3) is 0.625. The molecule has 2 nitrogen and oxygen atoms in total. The lowest BCUT2D eigenvalue weighted by Crippen LogP contribution is -2.47. The van der Waals surface area contributed by atoms with E-state index in [4.69, 9.17) is 10.5 Å². The quantitative estimate of drug-likeness (QED) is 0.889. The van der Waals surface area contributed by atoms with E-state index in [1.165, 1.54) is 30.4 Å². The minimum atomic E-state index is 0.146. The summed E-state index contributed by atoms with van der Waals surface area (Å²) in [5.41, 5.74) is 9.23. The first-order valence-corrected chi connectivity index (χ1v) is 8.05. The number of hydrogen-bond acceptors (Lipinski definition) is 2. The highest BCUT2D eigenvalue weighted by molar-refractivity contribution is 9.10. The van der Waals surface area contributed by atoms with Gasteiger partial charge < -0.3 is 10.5 Å². The average Bonchev–Trinajstić information content (AvgIpc) is 2.39. The molecular formula is C16H22BrNO. The normalized spacial score (nSPS) is 27.0. The van der Waals surface area contributed by atoms with Crippen molar-refractivity contribution in [1.82, 2.24) is 0 Å². The topological polar surface area (TPSA) is 35.2 Å². The van der Waals surface area contributed by atoms with Crippen LogP contribution in [0.3, 0.4) is 0 Å². The van der Waals surface area contributed by atoms with Gasteiger partial charge in [0.2, 0.25) is 0 Å². The van der Waals surface area contributed by atoms with E-state index in [0.29, 0.717) is 5.92 Å². The zero-order chi connectivity index (χ0) is 13.5. The predicted octanol–water partition coefficient (Wildman–Crippen LogP) is 4.11. The van der Waals surface area contributed by atoms with Gasteiger partial charge >= 0.3 is 0 Å². The molecule has 3 heteroatoms. The minimum Gasteiger partial charge on any atom is -0.375 e. The Kier molecular flexibility index (Phi) is 3.71. The fourth-order valence-electron chi connectivity index (χ4n) is 3.44. The van der Waals surface area contributed by atoms with Gasteiger partial charge in [0.25, 0.3) is 0 Å². The van der Waals surface area contributed by atoms with E-state index in [0.717, 1.165) is 23.9 Å². The molecule has 0 aromatic heterocycles. The maximum atomic E-state index is 6.52. The number of aryl methyl sites for hydroxylation is 1. The standard InChI is InChI=1S/C16H22BrNO/c1-11-9-12(3-4-14(11)17)15(18)13-5-8-19-16(10-13)6-2-7-16/h3-4,9,13,15H,2,5-8,10,18H2,1H3. The van der Waals surface area contributed by atoms with Crippen LogP contribution in [0.25, 0.3) is 0 Å². The van der Waals surface area contributed by atoms with Crippen LogP contribution in [0.5, 0.6) is 0 Å². The molecule has 0 bridgehead atoms. The van der Waals surface area contributed by atoms with Crippen LogP contribution in [0.4, 0.5) is 0 Å². The lowest BCUT2D eigenvalue weighted by atomic mass is 9.70. The Bertz CT molecular complexity index is 470. The van der Waals surface area contributed by atoms with Crippen molar-refractivity contribution >= 4 is 15.9 Å². The molecule has 104 valence electrons. The molecule has 3 rings (SSSR count). The van der Waals surface area contributed by atoms with Gasteiger partial charge in [-0.25, -0.2) is 0 Å². The molecule has 1 saturated carbocycles. The Labute approximate surface area is 123 Å². The highest BCUT2D eigenvalue weighted by Gasteiger charge is 2.43. The van der Waals surface area contributed by atoms with Gasteiger partial charge in [0.15, 0.2) is 0 Å². The second-order valence-corrected chi connectivity index (χ2v) is 7.03. The third-order valence-electron chi connectivity index (χ3n) is 4.87. The van der Waals surface area contributed by atoms with Crippen molar-refractivity contribution in [2.24, 2.45) is 11.7 Å². The van der Waals surface area contributed by atoms with Crippen molar-refractivity contribution in [3.63, 3.8) is 0 Å². The number of rotatable bonds is 2. The number of nitrogens with two attached hydrogens (primary N) is 1. The first-order chi connectivity index (χ1) is 9.10. The van der Waals surface area contributed by atoms with Crippen LogP contribution < -0.4 is 5.73 Å². The molecule has 2 fully saturated rings. The molecule has 0 radical (unpaired) electrons. The second-order valence-electron chi connectivity index (χ2n) is 6.17. The predicted molar refractivity (Wildman–Crippen MR) is 81.1 cm³/mol. The second kappa shape index (κ2) is 5.19. The lowest BCUT2D eigenvalue weighted by molar-refractivity contribution is -0.146. The number of benzene rings is 1. The van der Waals surface area contributed by atoms with Crippen LogP contribution in [0.15, 0.2) is 22.7 Å². The Hall–Kier alpha value is -0.380. The van der Waals surface area contributed by atoms with Crippen molar-refractivity contribution < 1.29 is 4.74 Å². The molecule has 1 aliphatic carbocycles. The molecule has 1 heterocycles. The van der Waals surface area contributed by atoms with Gasteiger partial charge in [-0.2, -0.15) is 0 Å². The van der Waals surface area contributed by atoms with Crippen LogP contribution in [-0.4, -0.2) is 12.2 Å². The van der Waals surface area contributed by atoms with Crippen molar-refractivity contribution in [3.8, 4) is 0 Å². The van der Waals surface area contributed by atoms with Crippen molar-refractivity contribution in [2.45, 2.75) is 50.7 Å². The van der Waals surface area contributed by atoms with Crippen LogP contribution >= 0.6 is 15.9 Å². The maximum absolute atomic E-state index is 6.52. The largest absolute Gasteiger partial charge is 0.375 e. The molecule has 1 spiro atoms. The minimum absolute atomic E-state index is 0.146. The van der Waals surface area contributed by atoms with Gasteiger partial charge in [0.05, 0.1) is 5.60 Å². The van der Waals surface area contributed by atoms with Gasteiger partial charge in [0, 0.05) is 17.1 Å². The highest BCUT2D eigenvalue weighted by atomic mass is 79.9.